The van der Waals surface area contributed by atoms with Crippen LogP contribution in [0.1, 0.15) is 54.8 Å². The van der Waals surface area contributed by atoms with Gasteiger partial charge in [0.2, 0.25) is 0 Å². The molecular weight excluding hydrogens is 252 g/mol. The Hall–Kier alpha value is -1.32. The first kappa shape index (κ1) is 12.4. The molecule has 0 unspecified atom stereocenters. The van der Waals surface area contributed by atoms with Crippen molar-refractivity contribution >= 4 is 5.91 Å². The highest BCUT2D eigenvalue weighted by molar-refractivity contribution is 5.92. The second-order valence-corrected chi connectivity index (χ2v) is 7.42. The number of amides is 1. The molecule has 4 bridgehead atoms. The third kappa shape index (κ3) is 2.05. The average Bonchev–Trinajstić information content (AvgIpc) is 2.81. The lowest BCUT2D eigenvalue weighted by Gasteiger charge is -2.56. The first-order valence-electron chi connectivity index (χ1n) is 7.83. The predicted octanol–water partition coefficient (Wildman–Crippen LogP) is 2.93. The number of hydrogen-bond acceptors (Lipinski definition) is 3. The molecule has 1 amide bonds. The number of rotatable bonds is 3. The van der Waals surface area contributed by atoms with Crippen molar-refractivity contribution in [1.82, 2.24) is 10.5 Å². The Labute approximate surface area is 119 Å². The minimum Gasteiger partial charge on any atom is -0.361 e. The summed E-state index contributed by atoms with van der Waals surface area (Å²) in [6.07, 6.45) is 8.27. The van der Waals surface area contributed by atoms with Crippen molar-refractivity contribution in [1.29, 1.82) is 0 Å². The molecule has 0 radical (unpaired) electrons. The number of carbonyl (C=O) groups excluding carboxylic acids is 1. The molecule has 0 atom stereocenters. The van der Waals surface area contributed by atoms with Gasteiger partial charge in [-0.2, -0.15) is 0 Å². The summed E-state index contributed by atoms with van der Waals surface area (Å²) < 4.78 is 4.97. The third-order valence-corrected chi connectivity index (χ3v) is 5.65. The van der Waals surface area contributed by atoms with E-state index in [0.29, 0.717) is 16.9 Å². The summed E-state index contributed by atoms with van der Waals surface area (Å²) >= 11 is 0. The minimum atomic E-state index is -0.0856. The van der Waals surface area contributed by atoms with Crippen LogP contribution in [-0.4, -0.2) is 17.6 Å². The van der Waals surface area contributed by atoms with Gasteiger partial charge < -0.3 is 9.84 Å². The van der Waals surface area contributed by atoms with E-state index in [1.165, 1.54) is 38.5 Å². The fraction of sp³-hybridized carbons (Fsp3) is 0.750. The van der Waals surface area contributed by atoms with E-state index in [2.05, 4.69) is 10.5 Å². The number of nitrogens with one attached hydrogen (secondary N) is 1. The fourth-order valence-electron chi connectivity index (χ4n) is 5.34. The Kier molecular flexibility index (Phi) is 2.69. The highest BCUT2D eigenvalue weighted by atomic mass is 16.5. The molecule has 0 saturated heterocycles. The van der Waals surface area contributed by atoms with E-state index in [0.717, 1.165) is 24.3 Å². The van der Waals surface area contributed by atoms with E-state index in [-0.39, 0.29) is 5.91 Å². The topological polar surface area (TPSA) is 55.1 Å². The monoisotopic (exact) mass is 274 g/mol. The van der Waals surface area contributed by atoms with Gasteiger partial charge in [-0.25, -0.2) is 0 Å². The largest absolute Gasteiger partial charge is 0.361 e. The molecule has 4 heteroatoms. The molecule has 1 N–H and O–H groups in total. The van der Waals surface area contributed by atoms with E-state index in [1.807, 2.05) is 6.92 Å². The minimum absolute atomic E-state index is 0.0856. The van der Waals surface area contributed by atoms with Crippen molar-refractivity contribution in [3.8, 4) is 0 Å². The van der Waals surface area contributed by atoms with Gasteiger partial charge in [0.25, 0.3) is 5.91 Å². The lowest BCUT2D eigenvalue weighted by atomic mass is 9.49. The maximum atomic E-state index is 12.1. The van der Waals surface area contributed by atoms with Crippen LogP contribution in [0.15, 0.2) is 10.6 Å². The lowest BCUT2D eigenvalue weighted by molar-refractivity contribution is -0.0503. The predicted molar refractivity (Wildman–Crippen MR) is 74.2 cm³/mol. The van der Waals surface area contributed by atoms with Crippen molar-refractivity contribution in [3.05, 3.63) is 17.5 Å². The molecular formula is C16H22N2O2. The normalized spacial score (nSPS) is 38.1. The summed E-state index contributed by atoms with van der Waals surface area (Å²) in [4.78, 5) is 12.1. The van der Waals surface area contributed by atoms with Crippen LogP contribution in [0.3, 0.4) is 0 Å². The van der Waals surface area contributed by atoms with Crippen LogP contribution in [0.4, 0.5) is 0 Å². The number of hydrogen-bond donors (Lipinski definition) is 1. The number of nitrogens with zero attached hydrogens (tertiary/aromatic N) is 1. The number of carbonyl (C=O) groups is 1. The van der Waals surface area contributed by atoms with E-state index in [9.17, 15) is 4.79 Å². The van der Waals surface area contributed by atoms with Crippen LogP contribution in [0, 0.1) is 30.1 Å². The smallest absolute Gasteiger partial charge is 0.273 e. The molecule has 5 rings (SSSR count). The molecule has 4 fully saturated rings. The average molecular weight is 274 g/mol. The highest BCUT2D eigenvalue weighted by Gasteiger charge is 2.50. The summed E-state index contributed by atoms with van der Waals surface area (Å²) in [7, 11) is 0. The van der Waals surface area contributed by atoms with Gasteiger partial charge in [0, 0.05) is 12.6 Å². The van der Waals surface area contributed by atoms with Gasteiger partial charge in [-0.15, -0.1) is 0 Å². The lowest BCUT2D eigenvalue weighted by Crippen LogP contribution is -2.51. The molecule has 4 aliphatic carbocycles. The summed E-state index contributed by atoms with van der Waals surface area (Å²) in [5.74, 6) is 3.37. The van der Waals surface area contributed by atoms with Gasteiger partial charge in [0.1, 0.15) is 5.76 Å². The highest BCUT2D eigenvalue weighted by Crippen LogP contribution is 2.59. The first-order chi connectivity index (χ1) is 9.62. The van der Waals surface area contributed by atoms with E-state index >= 15 is 0 Å². The maximum Gasteiger partial charge on any atom is 0.273 e. The van der Waals surface area contributed by atoms with Crippen LogP contribution in [-0.2, 0) is 0 Å². The van der Waals surface area contributed by atoms with Gasteiger partial charge in [0.15, 0.2) is 5.69 Å². The molecule has 1 heterocycles. The van der Waals surface area contributed by atoms with Gasteiger partial charge in [-0.05, 0) is 68.6 Å². The van der Waals surface area contributed by atoms with Crippen molar-refractivity contribution in [2.45, 2.75) is 45.4 Å². The van der Waals surface area contributed by atoms with Crippen molar-refractivity contribution < 1.29 is 9.32 Å². The Bertz CT molecular complexity index is 499. The molecule has 4 saturated carbocycles. The Morgan fingerprint density at radius 3 is 2.40 bits per heavy atom. The van der Waals surface area contributed by atoms with Crippen LogP contribution in [0.5, 0.6) is 0 Å². The van der Waals surface area contributed by atoms with Crippen molar-refractivity contribution in [3.63, 3.8) is 0 Å². The van der Waals surface area contributed by atoms with Gasteiger partial charge in [0.05, 0.1) is 0 Å². The summed E-state index contributed by atoms with van der Waals surface area (Å²) in [6.45, 7) is 2.63. The van der Waals surface area contributed by atoms with E-state index in [1.54, 1.807) is 6.07 Å². The molecule has 108 valence electrons. The zero-order valence-electron chi connectivity index (χ0n) is 12.0. The summed E-state index contributed by atoms with van der Waals surface area (Å²) in [6, 6.07) is 1.70. The molecule has 1 aromatic heterocycles. The second kappa shape index (κ2) is 4.34. The van der Waals surface area contributed by atoms with E-state index in [4.69, 9.17) is 4.52 Å². The Morgan fingerprint density at radius 2 is 1.90 bits per heavy atom. The number of aryl methyl sites for hydroxylation is 1. The SMILES string of the molecule is Cc1cc(C(=O)NCC23CC4CC(CC(C4)C2)C3)no1. The van der Waals surface area contributed by atoms with Crippen LogP contribution in [0.2, 0.25) is 0 Å². The standard InChI is InChI=1S/C16H22N2O2/c1-10-2-14(18-20-10)15(19)17-9-16-6-11-3-12(7-16)5-13(4-11)8-16/h2,11-13H,3-9H2,1H3,(H,17,19). The van der Waals surface area contributed by atoms with Gasteiger partial charge in [-0.3, -0.25) is 4.79 Å². The molecule has 4 nitrogen and oxygen atoms in total. The Balaban J connectivity index is 1.43. The summed E-state index contributed by atoms with van der Waals surface area (Å²) in [5.41, 5.74) is 0.788. The summed E-state index contributed by atoms with van der Waals surface area (Å²) in [5, 5.41) is 6.90. The molecule has 0 spiro atoms. The van der Waals surface area contributed by atoms with Crippen molar-refractivity contribution in [2.75, 3.05) is 6.54 Å². The fourth-order valence-corrected chi connectivity index (χ4v) is 5.34. The van der Waals surface area contributed by atoms with Gasteiger partial charge in [-0.1, -0.05) is 5.16 Å². The quantitative estimate of drug-likeness (QED) is 0.922. The van der Waals surface area contributed by atoms with Gasteiger partial charge >= 0.3 is 0 Å². The Morgan fingerprint density at radius 1 is 1.30 bits per heavy atom. The zero-order chi connectivity index (χ0) is 13.7. The van der Waals surface area contributed by atoms with Crippen LogP contribution in [0.25, 0.3) is 0 Å². The first-order valence-corrected chi connectivity index (χ1v) is 7.83. The maximum absolute atomic E-state index is 12.1. The molecule has 20 heavy (non-hydrogen) atoms. The molecule has 4 aliphatic rings. The third-order valence-electron chi connectivity index (χ3n) is 5.65. The zero-order valence-corrected chi connectivity index (χ0v) is 12.0. The molecule has 1 aromatic rings. The van der Waals surface area contributed by atoms with Crippen LogP contribution < -0.4 is 5.32 Å². The molecule has 0 aromatic carbocycles. The molecule has 0 aliphatic heterocycles. The number of aromatic nitrogens is 1. The second-order valence-electron chi connectivity index (χ2n) is 7.42. The van der Waals surface area contributed by atoms with E-state index < -0.39 is 0 Å². The van der Waals surface area contributed by atoms with Crippen molar-refractivity contribution in [2.24, 2.45) is 23.2 Å². The van der Waals surface area contributed by atoms with Crippen LogP contribution >= 0.6 is 0 Å².